The molecule has 4 atom stereocenters. The highest BCUT2D eigenvalue weighted by Gasteiger charge is 2.26. The van der Waals surface area contributed by atoms with E-state index in [1.54, 1.807) is 0 Å². The molecule has 19 heavy (non-hydrogen) atoms. The van der Waals surface area contributed by atoms with E-state index >= 15 is 0 Å². The van der Waals surface area contributed by atoms with Crippen LogP contribution < -0.4 is 10.6 Å². The third-order valence-electron chi connectivity index (χ3n) is 5.02. The second kappa shape index (κ2) is 7.28. The van der Waals surface area contributed by atoms with Gasteiger partial charge in [-0.3, -0.25) is 4.79 Å². The van der Waals surface area contributed by atoms with Crippen LogP contribution in [0.5, 0.6) is 0 Å². The lowest BCUT2D eigenvalue weighted by molar-refractivity contribution is -0.124. The second-order valence-electron chi connectivity index (χ2n) is 6.69. The van der Waals surface area contributed by atoms with E-state index in [4.69, 9.17) is 0 Å². The molecule has 0 aromatic carbocycles. The van der Waals surface area contributed by atoms with Crippen LogP contribution in [0.15, 0.2) is 0 Å². The molecule has 1 saturated heterocycles. The molecule has 2 aliphatic rings. The number of carbonyl (C=O) groups is 1. The normalized spacial score (nSPS) is 35.9. The molecule has 0 spiro atoms. The first-order valence-electron chi connectivity index (χ1n) is 8.20. The Balaban J connectivity index is 1.71. The predicted octanol–water partition coefficient (Wildman–Crippen LogP) is 2.71. The lowest BCUT2D eigenvalue weighted by Crippen LogP contribution is -2.49. The minimum atomic E-state index is 0.0553. The summed E-state index contributed by atoms with van der Waals surface area (Å²) < 4.78 is 0. The van der Waals surface area contributed by atoms with Gasteiger partial charge in [0, 0.05) is 6.54 Å². The molecule has 1 aliphatic heterocycles. The van der Waals surface area contributed by atoms with Crippen LogP contribution in [0.2, 0.25) is 0 Å². The van der Waals surface area contributed by atoms with Gasteiger partial charge in [0.1, 0.15) is 0 Å². The maximum absolute atomic E-state index is 12.2. The van der Waals surface area contributed by atoms with E-state index in [1.807, 2.05) is 0 Å². The van der Waals surface area contributed by atoms with Crippen LogP contribution >= 0.6 is 0 Å². The van der Waals surface area contributed by atoms with Crippen LogP contribution in [0.3, 0.4) is 0 Å². The Morgan fingerprint density at radius 2 is 2.05 bits per heavy atom. The van der Waals surface area contributed by atoms with E-state index < -0.39 is 0 Å². The van der Waals surface area contributed by atoms with Crippen LogP contribution in [0.1, 0.15) is 58.8 Å². The van der Waals surface area contributed by atoms with E-state index in [9.17, 15) is 4.79 Å². The Morgan fingerprint density at radius 3 is 2.79 bits per heavy atom. The molecular weight excluding hydrogens is 236 g/mol. The lowest BCUT2D eigenvalue weighted by Gasteiger charge is -2.30. The first-order valence-corrected chi connectivity index (χ1v) is 8.20. The van der Waals surface area contributed by atoms with Crippen LogP contribution in [0.25, 0.3) is 0 Å². The highest BCUT2D eigenvalue weighted by molar-refractivity contribution is 5.81. The Bertz CT molecular complexity index is 292. The molecule has 0 radical (unpaired) electrons. The third-order valence-corrected chi connectivity index (χ3v) is 5.02. The first kappa shape index (κ1) is 14.8. The van der Waals surface area contributed by atoms with Gasteiger partial charge in [0.25, 0.3) is 0 Å². The number of rotatable bonds is 4. The molecule has 1 heterocycles. The van der Waals surface area contributed by atoms with Crippen LogP contribution in [-0.4, -0.2) is 25.0 Å². The summed E-state index contributed by atoms with van der Waals surface area (Å²) in [5.74, 6) is 2.51. The molecule has 2 rings (SSSR count). The van der Waals surface area contributed by atoms with Gasteiger partial charge in [-0.2, -0.15) is 0 Å². The van der Waals surface area contributed by atoms with Crippen molar-refractivity contribution in [2.24, 2.45) is 17.8 Å². The van der Waals surface area contributed by atoms with E-state index in [0.717, 1.165) is 31.3 Å². The van der Waals surface area contributed by atoms with Gasteiger partial charge in [-0.05, 0) is 50.0 Å². The topological polar surface area (TPSA) is 41.1 Å². The van der Waals surface area contributed by atoms with Gasteiger partial charge in [-0.25, -0.2) is 0 Å². The summed E-state index contributed by atoms with van der Waals surface area (Å²) in [6, 6.07) is 0.0553. The molecule has 2 N–H and O–H groups in total. The minimum absolute atomic E-state index is 0.0553. The van der Waals surface area contributed by atoms with Crippen molar-refractivity contribution in [1.29, 1.82) is 0 Å². The summed E-state index contributed by atoms with van der Waals surface area (Å²) in [5, 5.41) is 6.55. The maximum atomic E-state index is 12.2. The van der Waals surface area contributed by atoms with Crippen molar-refractivity contribution in [3.63, 3.8) is 0 Å². The standard InChI is InChI=1S/C16H30N2O/c1-3-13-7-8-17-15(10-13)16(19)18-11-14-6-4-5-12(2)9-14/h12-15,17H,3-11H2,1-2H3,(H,18,19). The van der Waals surface area contributed by atoms with Gasteiger partial charge in [0.05, 0.1) is 6.04 Å². The zero-order chi connectivity index (χ0) is 13.7. The van der Waals surface area contributed by atoms with Gasteiger partial charge in [0.2, 0.25) is 5.91 Å². The number of piperidine rings is 1. The van der Waals surface area contributed by atoms with Gasteiger partial charge < -0.3 is 10.6 Å². The number of nitrogens with one attached hydrogen (secondary N) is 2. The number of hydrogen-bond acceptors (Lipinski definition) is 2. The molecule has 4 unspecified atom stereocenters. The summed E-state index contributed by atoms with van der Waals surface area (Å²) in [7, 11) is 0. The fourth-order valence-corrected chi connectivity index (χ4v) is 3.68. The van der Waals surface area contributed by atoms with Crippen molar-refractivity contribution in [2.75, 3.05) is 13.1 Å². The summed E-state index contributed by atoms with van der Waals surface area (Å²) in [5.41, 5.74) is 0. The van der Waals surface area contributed by atoms with Crippen molar-refractivity contribution in [3.05, 3.63) is 0 Å². The largest absolute Gasteiger partial charge is 0.354 e. The molecule has 1 amide bonds. The number of carbonyl (C=O) groups excluding carboxylic acids is 1. The SMILES string of the molecule is CCC1CCNC(C(=O)NCC2CCCC(C)C2)C1. The summed E-state index contributed by atoms with van der Waals surface area (Å²) >= 11 is 0. The Kier molecular flexibility index (Phi) is 5.68. The van der Waals surface area contributed by atoms with E-state index in [2.05, 4.69) is 24.5 Å². The quantitative estimate of drug-likeness (QED) is 0.821. The zero-order valence-corrected chi connectivity index (χ0v) is 12.6. The molecule has 2 fully saturated rings. The second-order valence-corrected chi connectivity index (χ2v) is 6.69. The van der Waals surface area contributed by atoms with Crippen molar-refractivity contribution in [1.82, 2.24) is 10.6 Å². The first-order chi connectivity index (χ1) is 9.19. The van der Waals surface area contributed by atoms with Crippen LogP contribution in [-0.2, 0) is 4.79 Å². The molecule has 1 saturated carbocycles. The Morgan fingerprint density at radius 1 is 1.21 bits per heavy atom. The third kappa shape index (κ3) is 4.48. The highest BCUT2D eigenvalue weighted by atomic mass is 16.2. The van der Waals surface area contributed by atoms with Crippen molar-refractivity contribution in [2.45, 2.75) is 64.8 Å². The molecule has 3 heteroatoms. The minimum Gasteiger partial charge on any atom is -0.354 e. The predicted molar refractivity (Wildman–Crippen MR) is 78.9 cm³/mol. The summed E-state index contributed by atoms with van der Waals surface area (Å²) in [4.78, 5) is 12.2. The number of hydrogen-bond donors (Lipinski definition) is 2. The van der Waals surface area contributed by atoms with Gasteiger partial charge in [-0.15, -0.1) is 0 Å². The highest BCUT2D eigenvalue weighted by Crippen LogP contribution is 2.28. The smallest absolute Gasteiger partial charge is 0.237 e. The van der Waals surface area contributed by atoms with Crippen LogP contribution in [0, 0.1) is 17.8 Å². The number of amides is 1. The monoisotopic (exact) mass is 266 g/mol. The fraction of sp³-hybridized carbons (Fsp3) is 0.938. The Hall–Kier alpha value is -0.570. The van der Waals surface area contributed by atoms with Crippen molar-refractivity contribution in [3.8, 4) is 0 Å². The molecule has 110 valence electrons. The summed E-state index contributed by atoms with van der Waals surface area (Å²) in [6.07, 6.45) is 8.72. The zero-order valence-electron chi connectivity index (χ0n) is 12.6. The molecule has 0 aromatic rings. The molecule has 1 aliphatic carbocycles. The van der Waals surface area contributed by atoms with E-state index in [0.29, 0.717) is 5.92 Å². The van der Waals surface area contributed by atoms with Crippen molar-refractivity contribution >= 4 is 5.91 Å². The summed E-state index contributed by atoms with van der Waals surface area (Å²) in [6.45, 7) is 6.45. The molecule has 3 nitrogen and oxygen atoms in total. The fourth-order valence-electron chi connectivity index (χ4n) is 3.68. The van der Waals surface area contributed by atoms with E-state index in [1.165, 1.54) is 38.5 Å². The Labute approximate surface area is 117 Å². The van der Waals surface area contributed by atoms with Crippen LogP contribution in [0.4, 0.5) is 0 Å². The molecule has 0 aromatic heterocycles. The lowest BCUT2D eigenvalue weighted by atomic mass is 9.82. The van der Waals surface area contributed by atoms with Crippen molar-refractivity contribution < 1.29 is 4.79 Å². The molecular formula is C16H30N2O. The van der Waals surface area contributed by atoms with Gasteiger partial charge >= 0.3 is 0 Å². The average molecular weight is 266 g/mol. The van der Waals surface area contributed by atoms with E-state index in [-0.39, 0.29) is 11.9 Å². The maximum Gasteiger partial charge on any atom is 0.237 e. The molecule has 0 bridgehead atoms. The average Bonchev–Trinajstić information content (AvgIpc) is 2.45. The van der Waals surface area contributed by atoms with Gasteiger partial charge in [-0.1, -0.05) is 33.1 Å². The van der Waals surface area contributed by atoms with Gasteiger partial charge in [0.15, 0.2) is 0 Å².